The number of benzene rings is 2. The molecular weight excluding hydrogens is 1060 g/mol. The van der Waals surface area contributed by atoms with Crippen LogP contribution in [-0.2, 0) is 32.8 Å². The number of hydrogen-bond acceptors (Lipinski definition) is 18. The highest BCUT2D eigenvalue weighted by Gasteiger charge is 2.39. The molecule has 22 nitrogen and oxygen atoms in total. The number of Topliss-reactive ketones (excluding diaryl/α,β-unsaturated/α-hetero) is 1. The molecule has 6 N–H and O–H groups in total. The first-order valence-corrected chi connectivity index (χ1v) is 28.4. The Bertz CT molecular complexity index is 3300. The largest absolute Gasteiger partial charge is 0.494 e. The number of rotatable bonds is 23. The number of aromatic nitrogens is 6. The Morgan fingerprint density at radius 1 is 0.863 bits per heavy atom. The molecule has 0 saturated carbocycles. The average molecular weight is 1120 g/mol. The Morgan fingerprint density at radius 2 is 1.68 bits per heavy atom. The molecule has 3 aliphatic rings. The van der Waals surface area contributed by atoms with E-state index in [1.54, 1.807) is 82.2 Å². The van der Waals surface area contributed by atoms with Gasteiger partial charge in [-0.15, -0.1) is 0 Å². The number of ether oxygens (including phenoxy) is 1. The molecule has 2 fully saturated rings. The Hall–Kier alpha value is -8.38. The molecule has 24 heteroatoms. The number of imide groups is 1. The highest BCUT2D eigenvalue weighted by Crippen LogP contribution is 2.42. The third-order valence-corrected chi connectivity index (χ3v) is 17.4. The average Bonchev–Trinajstić information content (AvgIpc) is 4.14. The number of pyridine rings is 3. The molecule has 7 heterocycles. The van der Waals surface area contributed by atoms with Crippen molar-refractivity contribution in [1.29, 1.82) is 0 Å². The van der Waals surface area contributed by atoms with Crippen LogP contribution in [-0.4, -0.2) is 131 Å². The van der Waals surface area contributed by atoms with Gasteiger partial charge in [-0.1, -0.05) is 22.9 Å². The van der Waals surface area contributed by atoms with E-state index >= 15 is 0 Å². The van der Waals surface area contributed by atoms with Gasteiger partial charge in [-0.25, -0.2) is 19.9 Å². The lowest BCUT2D eigenvalue weighted by molar-refractivity contribution is -0.137. The number of piperazine rings is 1. The third kappa shape index (κ3) is 13.7. The van der Waals surface area contributed by atoms with Gasteiger partial charge < -0.3 is 41.1 Å². The molecule has 4 aromatic heterocycles. The minimum Gasteiger partial charge on any atom is -0.494 e. The smallest absolute Gasteiger partial charge is 0.255 e. The van der Waals surface area contributed by atoms with Gasteiger partial charge in [0, 0.05) is 118 Å². The van der Waals surface area contributed by atoms with E-state index in [0.29, 0.717) is 96.7 Å². The maximum atomic E-state index is 14.5. The van der Waals surface area contributed by atoms with Crippen LogP contribution in [0.1, 0.15) is 95.4 Å². The van der Waals surface area contributed by atoms with E-state index in [0.717, 1.165) is 16.3 Å². The van der Waals surface area contributed by atoms with Crippen LogP contribution >= 0.6 is 21.6 Å². The quantitative estimate of drug-likeness (QED) is 0.0262. The zero-order valence-corrected chi connectivity index (χ0v) is 46.4. The zero-order chi connectivity index (χ0) is 56.5. The molecule has 3 aliphatic heterocycles. The van der Waals surface area contributed by atoms with Crippen molar-refractivity contribution in [2.24, 2.45) is 18.7 Å². The molecule has 6 aromatic rings. The van der Waals surface area contributed by atoms with Crippen molar-refractivity contribution in [3.8, 4) is 17.1 Å². The highest BCUT2D eigenvalue weighted by molar-refractivity contribution is 8.77. The predicted octanol–water partition coefficient (Wildman–Crippen LogP) is 6.46. The molecule has 2 aromatic carbocycles. The number of piperidine rings is 1. The van der Waals surface area contributed by atoms with Gasteiger partial charge in [0.05, 0.1) is 29.6 Å². The molecule has 416 valence electrons. The first-order chi connectivity index (χ1) is 38.5. The van der Waals surface area contributed by atoms with Gasteiger partial charge in [0.1, 0.15) is 29.0 Å². The van der Waals surface area contributed by atoms with Gasteiger partial charge in [-0.3, -0.25) is 43.6 Å². The molecule has 2 saturated heterocycles. The molecule has 0 radical (unpaired) electrons. The van der Waals surface area contributed by atoms with Gasteiger partial charge in [0.2, 0.25) is 23.6 Å². The molecule has 0 aliphatic carbocycles. The summed E-state index contributed by atoms with van der Waals surface area (Å²) in [5.74, 6) is -1.18. The molecule has 9 rings (SSSR count). The van der Waals surface area contributed by atoms with Crippen LogP contribution in [0.25, 0.3) is 11.4 Å². The molecule has 1 unspecified atom stereocenters. The zero-order valence-electron chi connectivity index (χ0n) is 44.8. The highest BCUT2D eigenvalue weighted by atomic mass is 33.1. The monoisotopic (exact) mass is 1120 g/mol. The summed E-state index contributed by atoms with van der Waals surface area (Å²) in [5.41, 5.74) is 9.92. The minimum absolute atomic E-state index is 0.0496. The second-order valence-electron chi connectivity index (χ2n) is 20.2. The van der Waals surface area contributed by atoms with E-state index in [1.807, 2.05) is 41.3 Å². The van der Waals surface area contributed by atoms with E-state index in [1.165, 1.54) is 24.4 Å². The number of hydrogen-bond donors (Lipinski definition) is 5. The summed E-state index contributed by atoms with van der Waals surface area (Å²) in [7, 11) is 6.51. The molecule has 80 heavy (non-hydrogen) atoms. The van der Waals surface area contributed by atoms with Gasteiger partial charge in [-0.2, -0.15) is 5.10 Å². The summed E-state index contributed by atoms with van der Waals surface area (Å²) in [6.07, 6.45) is 8.11. The number of fused-ring (bicyclic) bond motifs is 1. The number of carbonyl (C=O) groups excluding carboxylic acids is 7. The van der Waals surface area contributed by atoms with Gasteiger partial charge in [-0.05, 0) is 110 Å². The van der Waals surface area contributed by atoms with Crippen LogP contribution in [0.3, 0.4) is 0 Å². The van der Waals surface area contributed by atoms with Crippen LogP contribution in [0.2, 0.25) is 0 Å². The SMILES string of the molecule is COc1c(Nc2cc(Nc3ccc(C(=O)CC[C@@H](CCNC(=O)CCC(C)(C)SSc4ccccn4)C(=O)N4CCN(c5ccc6c(c5)CN(C5CCC(=O)NC5=O)C6=O)CC4)cn3)ncc2C(N)=O)cccc1-c1ncn(C)n1. The number of para-hydroxylation sites is 1. The van der Waals surface area contributed by atoms with E-state index in [9.17, 15) is 33.6 Å². The van der Waals surface area contributed by atoms with Crippen LogP contribution in [0.15, 0.2) is 103 Å². The lowest BCUT2D eigenvalue weighted by Crippen LogP contribution is -2.52. The normalized spacial score (nSPS) is 15.7. The fourth-order valence-electron chi connectivity index (χ4n) is 9.75. The summed E-state index contributed by atoms with van der Waals surface area (Å²) >= 11 is 0. The summed E-state index contributed by atoms with van der Waals surface area (Å²) in [5, 5.41) is 17.0. The molecule has 2 atom stereocenters. The number of nitrogens with zero attached hydrogens (tertiary/aromatic N) is 9. The first kappa shape index (κ1) is 56.3. The number of nitrogens with two attached hydrogens (primary N) is 1. The van der Waals surface area contributed by atoms with Crippen LogP contribution < -0.4 is 36.6 Å². The minimum atomic E-state index is -0.711. The summed E-state index contributed by atoms with van der Waals surface area (Å²) in [6, 6.07) is 20.9. The Balaban J connectivity index is 0.827. The number of ketones is 1. The van der Waals surface area contributed by atoms with E-state index < -0.39 is 23.8 Å². The van der Waals surface area contributed by atoms with Crippen LogP contribution in [0.5, 0.6) is 5.75 Å². The Morgan fingerprint density at radius 3 is 2.39 bits per heavy atom. The van der Waals surface area contributed by atoms with Gasteiger partial charge in [0.15, 0.2) is 17.4 Å². The number of anilines is 5. The molecule has 0 spiro atoms. The second-order valence-corrected chi connectivity index (χ2v) is 23.1. The van der Waals surface area contributed by atoms with Crippen LogP contribution in [0.4, 0.5) is 28.7 Å². The third-order valence-electron chi connectivity index (χ3n) is 14.1. The van der Waals surface area contributed by atoms with E-state index in [2.05, 4.69) is 65.0 Å². The Labute approximate surface area is 470 Å². The number of carbonyl (C=O) groups is 7. The van der Waals surface area contributed by atoms with Gasteiger partial charge in [0.25, 0.3) is 11.8 Å². The number of amides is 6. The predicted molar refractivity (Wildman–Crippen MR) is 304 cm³/mol. The number of methoxy groups -OCH3 is 1. The fraction of sp³-hybridized carbons (Fsp3) is 0.357. The van der Waals surface area contributed by atoms with Crippen molar-refractivity contribution in [2.45, 2.75) is 81.2 Å². The van der Waals surface area contributed by atoms with E-state index in [4.69, 9.17) is 10.5 Å². The lowest BCUT2D eigenvalue weighted by atomic mass is 9.94. The van der Waals surface area contributed by atoms with Crippen molar-refractivity contribution in [3.05, 3.63) is 120 Å². The van der Waals surface area contributed by atoms with Gasteiger partial charge >= 0.3 is 0 Å². The number of primary amides is 1. The molecule has 6 amide bonds. The second kappa shape index (κ2) is 25.2. The fourth-order valence-corrected chi connectivity index (χ4v) is 12.0. The van der Waals surface area contributed by atoms with Crippen molar-refractivity contribution in [1.82, 2.24) is 50.1 Å². The summed E-state index contributed by atoms with van der Waals surface area (Å²) < 4.78 is 7.12. The molecule has 0 bridgehead atoms. The van der Waals surface area contributed by atoms with Crippen molar-refractivity contribution in [2.75, 3.05) is 55.4 Å². The maximum Gasteiger partial charge on any atom is 0.255 e. The lowest BCUT2D eigenvalue weighted by Gasteiger charge is -2.38. The maximum absolute atomic E-state index is 14.5. The summed E-state index contributed by atoms with van der Waals surface area (Å²) in [4.78, 5) is 115. The standard InChI is InChI=1S/C56H62N14O8S2/c1-56(2,80-79-49-10-5-6-22-59-49)21-19-47(72)58-23-20-34(54(76)69-26-24-68(25-27-69)37-13-14-38-36(28-37)32-70(55(38)77)43-15-18-48(73)65-53(43)75)11-16-44(71)35-12-17-45(60-30-35)64-46-29-42(40(31-61-46)51(57)74)63-41-9-7-8-39(50(41)78-4)52-62-33-67(3)66-52/h5-10,12-14,17,22,28-31,33-34,43H,11,15-16,18-21,23-27,32H2,1-4H3,(H2,57,74)(H,58,72)(H,65,73,75)(H2,60,61,63,64)/t34-,43?/m0/s1. The number of aryl methyl sites for hydroxylation is 1. The first-order valence-electron chi connectivity index (χ1n) is 26.2. The van der Waals surface area contributed by atoms with Crippen LogP contribution in [0, 0.1) is 5.92 Å². The summed E-state index contributed by atoms with van der Waals surface area (Å²) in [6.45, 7) is 6.56. The molecular formula is C56H62N14O8S2. The van der Waals surface area contributed by atoms with Crippen molar-refractivity contribution >= 4 is 91.5 Å². The van der Waals surface area contributed by atoms with Crippen molar-refractivity contribution < 1.29 is 38.3 Å². The number of nitrogens with one attached hydrogen (secondary N) is 4. The Kier molecular flexibility index (Phi) is 17.7. The van der Waals surface area contributed by atoms with E-state index in [-0.39, 0.29) is 78.5 Å². The topological polar surface area (TPSA) is 282 Å². The van der Waals surface area contributed by atoms with Crippen molar-refractivity contribution in [3.63, 3.8) is 0 Å².